The number of methoxy groups -OCH3 is 3. The van der Waals surface area contributed by atoms with Gasteiger partial charge in [-0.15, -0.1) is 0 Å². The van der Waals surface area contributed by atoms with Crippen molar-refractivity contribution in [1.82, 2.24) is 14.5 Å². The van der Waals surface area contributed by atoms with E-state index in [0.717, 1.165) is 42.4 Å². The van der Waals surface area contributed by atoms with Gasteiger partial charge in [0.15, 0.2) is 11.5 Å². The third-order valence-corrected chi connectivity index (χ3v) is 6.71. The lowest BCUT2D eigenvalue weighted by Gasteiger charge is -2.30. The molecular formula is C27H36N4O4. The summed E-state index contributed by atoms with van der Waals surface area (Å²) in [6, 6.07) is 9.46. The van der Waals surface area contributed by atoms with Crippen molar-refractivity contribution in [3.05, 3.63) is 41.7 Å². The molecule has 0 radical (unpaired) electrons. The normalized spacial score (nSPS) is 14.9. The molecule has 0 spiro atoms. The molecule has 0 atom stereocenters. The molecule has 2 aromatic carbocycles. The van der Waals surface area contributed by atoms with Gasteiger partial charge in [0.25, 0.3) is 5.91 Å². The second-order valence-corrected chi connectivity index (χ2v) is 9.52. The van der Waals surface area contributed by atoms with E-state index in [1.54, 1.807) is 12.1 Å². The fraction of sp³-hybridized carbons (Fsp3) is 0.481. The molecule has 1 aromatic heterocycles. The molecule has 0 aliphatic carbocycles. The van der Waals surface area contributed by atoms with Crippen molar-refractivity contribution in [2.45, 2.75) is 46.2 Å². The first-order chi connectivity index (χ1) is 16.8. The largest absolute Gasteiger partial charge is 0.493 e. The van der Waals surface area contributed by atoms with Crippen molar-refractivity contribution >= 4 is 22.6 Å². The number of hydrogen-bond donors (Lipinski definition) is 1. The minimum Gasteiger partial charge on any atom is -0.493 e. The van der Waals surface area contributed by atoms with Gasteiger partial charge in [0.05, 0.1) is 38.9 Å². The first-order valence-corrected chi connectivity index (χ1v) is 12.2. The topological polar surface area (TPSA) is 77.9 Å². The zero-order valence-electron chi connectivity index (χ0n) is 21.6. The van der Waals surface area contributed by atoms with Gasteiger partial charge < -0.3 is 24.1 Å². The number of benzene rings is 2. The molecule has 0 bridgehead atoms. The number of rotatable bonds is 8. The first-order valence-electron chi connectivity index (χ1n) is 12.2. The molecule has 1 aliphatic rings. The number of likely N-dealkylation sites (tertiary alicyclic amines) is 1. The molecule has 1 fully saturated rings. The Morgan fingerprint density at radius 1 is 1.06 bits per heavy atom. The molecule has 4 rings (SSSR count). The van der Waals surface area contributed by atoms with Gasteiger partial charge >= 0.3 is 0 Å². The average Bonchev–Trinajstić information content (AvgIpc) is 3.21. The third kappa shape index (κ3) is 5.22. The fourth-order valence-corrected chi connectivity index (χ4v) is 4.75. The highest BCUT2D eigenvalue weighted by atomic mass is 16.5. The Balaban J connectivity index is 1.59. The van der Waals surface area contributed by atoms with Crippen LogP contribution in [0, 0.1) is 5.92 Å². The van der Waals surface area contributed by atoms with Crippen molar-refractivity contribution in [2.24, 2.45) is 5.92 Å². The Labute approximate surface area is 207 Å². The van der Waals surface area contributed by atoms with E-state index in [9.17, 15) is 4.79 Å². The van der Waals surface area contributed by atoms with E-state index in [1.165, 1.54) is 34.2 Å². The predicted molar refractivity (Wildman–Crippen MR) is 138 cm³/mol. The number of anilines is 1. The molecular weight excluding hydrogens is 444 g/mol. The molecule has 1 N–H and O–H groups in total. The Hall–Kier alpha value is -3.26. The molecule has 188 valence electrons. The summed E-state index contributed by atoms with van der Waals surface area (Å²) in [5.41, 5.74) is 3.04. The van der Waals surface area contributed by atoms with Crippen molar-refractivity contribution in [2.75, 3.05) is 39.7 Å². The lowest BCUT2D eigenvalue weighted by atomic mass is 9.99. The summed E-state index contributed by atoms with van der Waals surface area (Å²) in [4.78, 5) is 20.5. The predicted octanol–water partition coefficient (Wildman–Crippen LogP) is 5.13. The summed E-state index contributed by atoms with van der Waals surface area (Å²) in [6.45, 7) is 9.75. The van der Waals surface area contributed by atoms with E-state index in [1.807, 2.05) is 18.2 Å². The molecule has 8 heteroatoms. The number of hydrogen-bond acceptors (Lipinski definition) is 6. The fourth-order valence-electron chi connectivity index (χ4n) is 4.75. The SMILES string of the molecule is COc1cc(C(=O)Nc2ccc3c(c2)nc(CN2CCC(C)CC2)n3C(C)C)cc(OC)c1OC. The van der Waals surface area contributed by atoms with Crippen LogP contribution in [-0.4, -0.2) is 54.8 Å². The van der Waals surface area contributed by atoms with Crippen LogP contribution in [0.1, 0.15) is 55.8 Å². The van der Waals surface area contributed by atoms with Crippen molar-refractivity contribution in [3.8, 4) is 17.2 Å². The number of nitrogens with one attached hydrogen (secondary N) is 1. The van der Waals surface area contributed by atoms with Gasteiger partial charge in [0, 0.05) is 17.3 Å². The van der Waals surface area contributed by atoms with E-state index < -0.39 is 0 Å². The molecule has 35 heavy (non-hydrogen) atoms. The summed E-state index contributed by atoms with van der Waals surface area (Å²) in [6.07, 6.45) is 2.47. The third-order valence-electron chi connectivity index (χ3n) is 6.71. The van der Waals surface area contributed by atoms with E-state index in [4.69, 9.17) is 19.2 Å². The van der Waals surface area contributed by atoms with Gasteiger partial charge in [0.2, 0.25) is 5.75 Å². The Morgan fingerprint density at radius 2 is 1.71 bits per heavy atom. The molecule has 0 saturated carbocycles. The molecule has 2 heterocycles. The van der Waals surface area contributed by atoms with Gasteiger partial charge in [0.1, 0.15) is 5.82 Å². The number of imidazole rings is 1. The molecule has 1 saturated heterocycles. The second-order valence-electron chi connectivity index (χ2n) is 9.52. The van der Waals surface area contributed by atoms with E-state index >= 15 is 0 Å². The lowest BCUT2D eigenvalue weighted by molar-refractivity contribution is 0.102. The van der Waals surface area contributed by atoms with E-state index in [-0.39, 0.29) is 5.91 Å². The zero-order valence-corrected chi connectivity index (χ0v) is 21.6. The monoisotopic (exact) mass is 480 g/mol. The molecule has 1 aliphatic heterocycles. The number of fused-ring (bicyclic) bond motifs is 1. The van der Waals surface area contributed by atoms with E-state index in [2.05, 4.69) is 35.6 Å². The van der Waals surface area contributed by atoms with Gasteiger partial charge in [-0.05, 0) is 76.0 Å². The van der Waals surface area contributed by atoms with Crippen molar-refractivity contribution < 1.29 is 19.0 Å². The summed E-state index contributed by atoms with van der Waals surface area (Å²) < 4.78 is 18.4. The van der Waals surface area contributed by atoms with Crippen LogP contribution in [0.5, 0.6) is 17.2 Å². The summed E-state index contributed by atoms with van der Waals surface area (Å²) in [7, 11) is 4.59. The summed E-state index contributed by atoms with van der Waals surface area (Å²) in [5.74, 6) is 2.90. The van der Waals surface area contributed by atoms with Gasteiger partial charge in [-0.3, -0.25) is 9.69 Å². The average molecular weight is 481 g/mol. The maximum absolute atomic E-state index is 13.1. The highest BCUT2D eigenvalue weighted by Gasteiger charge is 2.21. The molecule has 0 unspecified atom stereocenters. The smallest absolute Gasteiger partial charge is 0.255 e. The summed E-state index contributed by atoms with van der Waals surface area (Å²) >= 11 is 0. The Kier molecular flexibility index (Phi) is 7.50. The van der Waals surface area contributed by atoms with Crippen LogP contribution in [-0.2, 0) is 6.54 Å². The van der Waals surface area contributed by atoms with Crippen molar-refractivity contribution in [1.29, 1.82) is 0 Å². The molecule has 1 amide bonds. The maximum atomic E-state index is 13.1. The van der Waals surface area contributed by atoms with E-state index in [0.29, 0.717) is 34.5 Å². The highest BCUT2D eigenvalue weighted by molar-refractivity contribution is 6.05. The maximum Gasteiger partial charge on any atom is 0.255 e. The number of aromatic nitrogens is 2. The number of piperidine rings is 1. The minimum absolute atomic E-state index is 0.269. The second kappa shape index (κ2) is 10.6. The van der Waals surface area contributed by atoms with Crippen LogP contribution in [0.3, 0.4) is 0 Å². The number of carbonyl (C=O) groups excluding carboxylic acids is 1. The van der Waals surface area contributed by atoms with Gasteiger partial charge in [-0.1, -0.05) is 6.92 Å². The molecule has 3 aromatic rings. The van der Waals surface area contributed by atoms with Gasteiger partial charge in [-0.2, -0.15) is 0 Å². The van der Waals surface area contributed by atoms with Crippen molar-refractivity contribution in [3.63, 3.8) is 0 Å². The Bertz CT molecular complexity index is 1170. The zero-order chi connectivity index (χ0) is 25.1. The number of nitrogens with zero attached hydrogens (tertiary/aromatic N) is 3. The van der Waals surface area contributed by atoms with Crippen LogP contribution in [0.2, 0.25) is 0 Å². The molecule has 8 nitrogen and oxygen atoms in total. The van der Waals surface area contributed by atoms with Gasteiger partial charge in [-0.25, -0.2) is 4.98 Å². The van der Waals surface area contributed by atoms with Crippen LogP contribution in [0.15, 0.2) is 30.3 Å². The quantitative estimate of drug-likeness (QED) is 0.482. The number of ether oxygens (including phenoxy) is 3. The van der Waals surface area contributed by atoms with Crippen LogP contribution in [0.4, 0.5) is 5.69 Å². The minimum atomic E-state index is -0.269. The van der Waals surface area contributed by atoms with Crippen LogP contribution in [0.25, 0.3) is 11.0 Å². The number of amides is 1. The standard InChI is InChI=1S/C27H36N4O4/c1-17(2)31-22-8-7-20(15-21(22)29-25(31)16-30-11-9-18(3)10-12-30)28-27(32)19-13-23(33-4)26(35-6)24(14-19)34-5/h7-8,13-15,17-18H,9-12,16H2,1-6H3,(H,28,32). The van der Waals surface area contributed by atoms with Crippen LogP contribution >= 0.6 is 0 Å². The van der Waals surface area contributed by atoms with Crippen LogP contribution < -0.4 is 19.5 Å². The lowest BCUT2D eigenvalue weighted by Crippen LogP contribution is -2.33. The highest BCUT2D eigenvalue weighted by Crippen LogP contribution is 2.38. The number of carbonyl (C=O) groups is 1. The Morgan fingerprint density at radius 3 is 2.29 bits per heavy atom. The first kappa shape index (κ1) is 24.9. The summed E-state index contributed by atoms with van der Waals surface area (Å²) in [5, 5.41) is 2.98.